The third kappa shape index (κ3) is 7.48. The lowest BCUT2D eigenvalue weighted by molar-refractivity contribution is -0.159. The summed E-state index contributed by atoms with van der Waals surface area (Å²) in [5.41, 5.74) is 1.44. The number of rotatable bonds is 8. The average Bonchev–Trinajstić information content (AvgIpc) is 2.89. The summed E-state index contributed by atoms with van der Waals surface area (Å²) < 4.78 is 0. The number of para-hydroxylation sites is 1. The number of amides is 1. The summed E-state index contributed by atoms with van der Waals surface area (Å²) in [6, 6.07) is 20.2. The Morgan fingerprint density at radius 2 is 1.34 bits per heavy atom. The molecule has 1 saturated heterocycles. The van der Waals surface area contributed by atoms with E-state index in [4.69, 9.17) is 19.8 Å². The fourth-order valence-corrected chi connectivity index (χ4v) is 4.40. The first-order chi connectivity index (χ1) is 16.7. The maximum absolute atomic E-state index is 13.2. The summed E-state index contributed by atoms with van der Waals surface area (Å²) in [4.78, 5) is 48.6. The molecule has 0 aromatic heterocycles. The zero-order valence-electron chi connectivity index (χ0n) is 20.4. The van der Waals surface area contributed by atoms with Crippen LogP contribution in [0.4, 0.5) is 5.69 Å². The molecule has 1 aliphatic heterocycles. The Labute approximate surface area is 206 Å². The molecular formula is C27H34N2O6. The highest BCUT2D eigenvalue weighted by atomic mass is 16.4. The van der Waals surface area contributed by atoms with Gasteiger partial charge in [0.1, 0.15) is 5.54 Å². The monoisotopic (exact) mass is 482 g/mol. The standard InChI is InChI=1S/C25H32N2O2.C2H2O4/c1-3-23(28)25(27(24(29)4-2)22-13-9-6-10-14-22)16-19-26(20-17-25)18-15-21-11-7-5-8-12-21;3-1(4)2(5)6/h5-14H,3-4,15-20H2,1-2H3;(H,3,4)(H,5,6). The number of likely N-dealkylation sites (tertiary alicyclic amines) is 1. The Hall–Kier alpha value is -3.52. The van der Waals surface area contributed by atoms with Crippen molar-refractivity contribution in [1.82, 2.24) is 4.90 Å². The van der Waals surface area contributed by atoms with Crippen molar-refractivity contribution in [2.24, 2.45) is 0 Å². The van der Waals surface area contributed by atoms with Crippen molar-refractivity contribution in [2.45, 2.75) is 51.5 Å². The fourth-order valence-electron chi connectivity index (χ4n) is 4.40. The Morgan fingerprint density at radius 3 is 1.80 bits per heavy atom. The topological polar surface area (TPSA) is 115 Å². The molecule has 2 aromatic carbocycles. The molecular weight excluding hydrogens is 448 g/mol. The number of carbonyl (C=O) groups is 4. The highest BCUT2D eigenvalue weighted by Gasteiger charge is 2.47. The second-order valence-electron chi connectivity index (χ2n) is 8.41. The van der Waals surface area contributed by atoms with Crippen LogP contribution in [0.15, 0.2) is 60.7 Å². The van der Waals surface area contributed by atoms with Gasteiger partial charge < -0.3 is 15.1 Å². The van der Waals surface area contributed by atoms with Crippen LogP contribution < -0.4 is 4.90 Å². The molecule has 8 nitrogen and oxygen atoms in total. The molecule has 0 unspecified atom stereocenters. The van der Waals surface area contributed by atoms with Crippen molar-refractivity contribution in [3.63, 3.8) is 0 Å². The van der Waals surface area contributed by atoms with Crippen molar-refractivity contribution >= 4 is 29.3 Å². The van der Waals surface area contributed by atoms with E-state index < -0.39 is 17.5 Å². The first-order valence-electron chi connectivity index (χ1n) is 11.9. The van der Waals surface area contributed by atoms with E-state index in [0.29, 0.717) is 25.7 Å². The van der Waals surface area contributed by atoms with Gasteiger partial charge in [0.2, 0.25) is 5.91 Å². The third-order valence-corrected chi connectivity index (χ3v) is 6.26. The minimum Gasteiger partial charge on any atom is -0.473 e. The number of hydrogen-bond acceptors (Lipinski definition) is 5. The van der Waals surface area contributed by atoms with Crippen LogP contribution in [0, 0.1) is 0 Å². The number of anilines is 1. The quantitative estimate of drug-likeness (QED) is 0.552. The number of carbonyl (C=O) groups excluding carboxylic acids is 2. The summed E-state index contributed by atoms with van der Waals surface area (Å²) in [6.07, 6.45) is 3.23. The van der Waals surface area contributed by atoms with Gasteiger partial charge in [-0.1, -0.05) is 62.4 Å². The molecule has 0 spiro atoms. The van der Waals surface area contributed by atoms with Crippen molar-refractivity contribution in [3.8, 4) is 0 Å². The van der Waals surface area contributed by atoms with E-state index in [0.717, 1.165) is 31.7 Å². The summed E-state index contributed by atoms with van der Waals surface area (Å²) >= 11 is 0. The molecule has 0 saturated carbocycles. The van der Waals surface area contributed by atoms with Crippen LogP contribution in [0.3, 0.4) is 0 Å². The summed E-state index contributed by atoms with van der Waals surface area (Å²) in [5, 5.41) is 14.8. The zero-order chi connectivity index (χ0) is 25.8. The van der Waals surface area contributed by atoms with E-state index in [-0.39, 0.29) is 11.7 Å². The predicted molar refractivity (Wildman–Crippen MR) is 133 cm³/mol. The van der Waals surface area contributed by atoms with Crippen LogP contribution in [0.5, 0.6) is 0 Å². The van der Waals surface area contributed by atoms with Crippen molar-refractivity contribution < 1.29 is 29.4 Å². The van der Waals surface area contributed by atoms with Gasteiger partial charge in [-0.15, -0.1) is 0 Å². The fraction of sp³-hybridized carbons (Fsp3) is 0.407. The lowest BCUT2D eigenvalue weighted by atomic mass is 9.79. The van der Waals surface area contributed by atoms with Crippen molar-refractivity contribution in [1.29, 1.82) is 0 Å². The Kier molecular flexibility index (Phi) is 10.6. The van der Waals surface area contributed by atoms with Crippen LogP contribution >= 0.6 is 0 Å². The molecule has 0 bridgehead atoms. The number of carboxylic acid groups (broad SMARTS) is 2. The second kappa shape index (κ2) is 13.4. The molecule has 188 valence electrons. The number of Topliss-reactive ketones (excluding diaryl/α,β-unsaturated/α-hetero) is 1. The van der Waals surface area contributed by atoms with Crippen molar-refractivity contribution in [3.05, 3.63) is 66.2 Å². The van der Waals surface area contributed by atoms with Crippen LogP contribution in [0.2, 0.25) is 0 Å². The summed E-state index contributed by atoms with van der Waals surface area (Å²) in [7, 11) is 0. The van der Waals surface area contributed by atoms with Gasteiger partial charge in [-0.25, -0.2) is 9.59 Å². The van der Waals surface area contributed by atoms with Gasteiger partial charge in [-0.2, -0.15) is 0 Å². The van der Waals surface area contributed by atoms with Gasteiger partial charge >= 0.3 is 11.9 Å². The maximum atomic E-state index is 13.2. The van der Waals surface area contributed by atoms with E-state index in [1.807, 2.05) is 55.1 Å². The smallest absolute Gasteiger partial charge is 0.414 e. The largest absolute Gasteiger partial charge is 0.473 e. The number of benzene rings is 2. The van der Waals surface area contributed by atoms with Crippen LogP contribution in [0.1, 0.15) is 45.1 Å². The van der Waals surface area contributed by atoms with Crippen LogP contribution in [-0.4, -0.2) is 63.9 Å². The highest BCUT2D eigenvalue weighted by Crippen LogP contribution is 2.36. The minimum atomic E-state index is -1.82. The summed E-state index contributed by atoms with van der Waals surface area (Å²) in [5.74, 6) is -3.45. The number of hydrogen-bond donors (Lipinski definition) is 2. The van der Waals surface area contributed by atoms with Crippen molar-refractivity contribution in [2.75, 3.05) is 24.5 Å². The zero-order valence-corrected chi connectivity index (χ0v) is 20.4. The summed E-state index contributed by atoms with van der Waals surface area (Å²) in [6.45, 7) is 6.42. The average molecular weight is 483 g/mol. The second-order valence-corrected chi connectivity index (χ2v) is 8.41. The molecule has 35 heavy (non-hydrogen) atoms. The Balaban J connectivity index is 0.000000641. The Morgan fingerprint density at radius 1 is 0.829 bits per heavy atom. The number of nitrogens with zero attached hydrogens (tertiary/aromatic N) is 2. The molecule has 0 aliphatic carbocycles. The SMILES string of the molecule is CCC(=O)N(c1ccccc1)C1(C(=O)CC)CCN(CCc2ccccc2)CC1.O=C(O)C(=O)O. The first-order valence-corrected chi connectivity index (χ1v) is 11.9. The molecule has 0 radical (unpaired) electrons. The number of aliphatic carboxylic acids is 2. The van der Waals surface area contributed by atoms with Gasteiger partial charge in [0.25, 0.3) is 0 Å². The molecule has 3 rings (SSSR count). The molecule has 1 fully saturated rings. The third-order valence-electron chi connectivity index (χ3n) is 6.26. The van der Waals surface area contributed by atoms with Gasteiger partial charge in [0.15, 0.2) is 5.78 Å². The highest BCUT2D eigenvalue weighted by molar-refractivity contribution is 6.27. The lowest BCUT2D eigenvalue weighted by Crippen LogP contribution is -2.62. The first kappa shape index (κ1) is 27.7. The van der Waals surface area contributed by atoms with Gasteiger partial charge in [-0.05, 0) is 37.0 Å². The molecule has 2 aromatic rings. The normalized spacial score (nSPS) is 14.8. The number of ketones is 1. The van der Waals surface area contributed by atoms with Gasteiger partial charge in [-0.3, -0.25) is 14.5 Å². The van der Waals surface area contributed by atoms with Gasteiger partial charge in [0, 0.05) is 38.2 Å². The molecule has 1 amide bonds. The lowest BCUT2D eigenvalue weighted by Gasteiger charge is -2.47. The van der Waals surface area contributed by atoms with Crippen LogP contribution in [-0.2, 0) is 25.6 Å². The maximum Gasteiger partial charge on any atom is 0.414 e. The molecule has 1 aliphatic rings. The van der Waals surface area contributed by atoms with E-state index in [2.05, 4.69) is 29.2 Å². The van der Waals surface area contributed by atoms with Crippen LogP contribution in [0.25, 0.3) is 0 Å². The van der Waals surface area contributed by atoms with E-state index in [1.54, 1.807) is 0 Å². The molecule has 0 atom stereocenters. The molecule has 2 N–H and O–H groups in total. The molecule has 8 heteroatoms. The predicted octanol–water partition coefficient (Wildman–Crippen LogP) is 3.64. The Bertz CT molecular complexity index is 973. The number of carboxylic acids is 2. The van der Waals surface area contributed by atoms with E-state index >= 15 is 0 Å². The van der Waals surface area contributed by atoms with E-state index in [1.165, 1.54) is 5.56 Å². The van der Waals surface area contributed by atoms with Gasteiger partial charge in [0.05, 0.1) is 0 Å². The van der Waals surface area contributed by atoms with E-state index in [9.17, 15) is 9.59 Å². The molecule has 1 heterocycles. The number of piperidine rings is 1. The minimum absolute atomic E-state index is 0.0238.